The number of benzene rings is 2. The Labute approximate surface area is 159 Å². The van der Waals surface area contributed by atoms with Gasteiger partial charge in [-0.15, -0.1) is 0 Å². The predicted molar refractivity (Wildman–Crippen MR) is 103 cm³/mol. The highest BCUT2D eigenvalue weighted by atomic mass is 16.5. The topological polar surface area (TPSA) is 65.0 Å². The fourth-order valence-corrected chi connectivity index (χ4v) is 3.22. The first-order valence-electron chi connectivity index (χ1n) is 9.29. The molecular formula is C22H26O5. The van der Waals surface area contributed by atoms with Crippen molar-refractivity contribution in [3.8, 4) is 17.2 Å². The van der Waals surface area contributed by atoms with Crippen LogP contribution in [0.25, 0.3) is 0 Å². The number of hydrogen-bond donors (Lipinski definition) is 1. The quantitative estimate of drug-likeness (QED) is 0.717. The molecule has 1 saturated carbocycles. The van der Waals surface area contributed by atoms with Crippen molar-refractivity contribution in [2.45, 2.75) is 32.3 Å². The van der Waals surface area contributed by atoms with Crippen LogP contribution in [0.3, 0.4) is 0 Å². The van der Waals surface area contributed by atoms with Gasteiger partial charge in [-0.3, -0.25) is 4.79 Å². The van der Waals surface area contributed by atoms with E-state index >= 15 is 0 Å². The fourth-order valence-electron chi connectivity index (χ4n) is 3.22. The van der Waals surface area contributed by atoms with Gasteiger partial charge in [-0.1, -0.05) is 31.2 Å². The van der Waals surface area contributed by atoms with Crippen molar-refractivity contribution in [3.05, 3.63) is 54.1 Å². The normalized spacial score (nSPS) is 19.6. The van der Waals surface area contributed by atoms with E-state index in [-0.39, 0.29) is 6.10 Å². The molecule has 1 N–H and O–H groups in total. The second-order valence-corrected chi connectivity index (χ2v) is 7.13. The minimum absolute atomic E-state index is 0.192. The van der Waals surface area contributed by atoms with Gasteiger partial charge in [-0.2, -0.15) is 0 Å². The summed E-state index contributed by atoms with van der Waals surface area (Å²) in [5, 5.41) is 9.04. The molecule has 1 aliphatic rings. The van der Waals surface area contributed by atoms with Gasteiger partial charge in [-0.05, 0) is 55.0 Å². The highest BCUT2D eigenvalue weighted by Gasteiger charge is 2.32. The average Bonchev–Trinajstić information content (AvgIpc) is 2.64. The molecule has 0 amide bonds. The average molecular weight is 370 g/mol. The van der Waals surface area contributed by atoms with Gasteiger partial charge in [0, 0.05) is 0 Å². The van der Waals surface area contributed by atoms with Crippen molar-refractivity contribution in [2.75, 3.05) is 13.7 Å². The van der Waals surface area contributed by atoms with Gasteiger partial charge in [0.1, 0.15) is 5.75 Å². The number of rotatable bonds is 9. The molecule has 2 aromatic rings. The summed E-state index contributed by atoms with van der Waals surface area (Å²) in [7, 11) is 1.64. The largest absolute Gasteiger partial charge is 0.493 e. The number of carboxylic acids is 1. The molecule has 0 heterocycles. The van der Waals surface area contributed by atoms with Crippen molar-refractivity contribution >= 4 is 5.97 Å². The van der Waals surface area contributed by atoms with Crippen molar-refractivity contribution in [1.82, 2.24) is 0 Å². The van der Waals surface area contributed by atoms with Gasteiger partial charge in [0.05, 0.1) is 25.7 Å². The summed E-state index contributed by atoms with van der Waals surface area (Å²) in [6.07, 6.45) is 2.60. The minimum Gasteiger partial charge on any atom is -0.493 e. The molecule has 0 radical (unpaired) electrons. The van der Waals surface area contributed by atoms with E-state index in [1.165, 1.54) is 0 Å². The third-order valence-electron chi connectivity index (χ3n) is 4.90. The maximum atomic E-state index is 11.0. The molecule has 1 fully saturated rings. The predicted octanol–water partition coefficient (Wildman–Crippen LogP) is 4.19. The van der Waals surface area contributed by atoms with Crippen LogP contribution >= 0.6 is 0 Å². The molecular weight excluding hydrogens is 344 g/mol. The lowest BCUT2D eigenvalue weighted by atomic mass is 9.83. The van der Waals surface area contributed by atoms with Crippen molar-refractivity contribution < 1.29 is 24.1 Å². The number of hydrogen-bond acceptors (Lipinski definition) is 4. The van der Waals surface area contributed by atoms with E-state index in [4.69, 9.17) is 19.3 Å². The van der Waals surface area contributed by atoms with E-state index < -0.39 is 11.9 Å². The molecule has 0 aromatic heterocycles. The molecule has 1 unspecified atom stereocenters. The Balaban J connectivity index is 1.44. The van der Waals surface area contributed by atoms with Gasteiger partial charge in [0.15, 0.2) is 11.5 Å². The van der Waals surface area contributed by atoms with E-state index in [1.807, 2.05) is 48.5 Å². The summed E-state index contributed by atoms with van der Waals surface area (Å²) in [4.78, 5) is 11.0. The molecule has 27 heavy (non-hydrogen) atoms. The van der Waals surface area contributed by atoms with E-state index in [1.54, 1.807) is 14.0 Å². The molecule has 0 aliphatic heterocycles. The van der Waals surface area contributed by atoms with E-state index in [2.05, 4.69) is 0 Å². The number of carbonyl (C=O) groups is 1. The van der Waals surface area contributed by atoms with Crippen LogP contribution in [-0.4, -0.2) is 30.9 Å². The highest BCUT2D eigenvalue weighted by Crippen LogP contribution is 2.35. The first-order valence-corrected chi connectivity index (χ1v) is 9.29. The van der Waals surface area contributed by atoms with E-state index in [9.17, 15) is 4.79 Å². The molecule has 3 rings (SSSR count). The summed E-state index contributed by atoms with van der Waals surface area (Å²) in [5.41, 5.74) is 0.980. The van der Waals surface area contributed by atoms with Crippen molar-refractivity contribution in [2.24, 2.45) is 11.8 Å². The number of ether oxygens (including phenoxy) is 3. The van der Waals surface area contributed by atoms with Crippen LogP contribution in [-0.2, 0) is 11.2 Å². The third-order valence-corrected chi connectivity index (χ3v) is 4.90. The summed E-state index contributed by atoms with van der Waals surface area (Å²) in [6, 6.07) is 15.4. The van der Waals surface area contributed by atoms with Crippen molar-refractivity contribution in [3.63, 3.8) is 0 Å². The SMILES string of the molecule is COc1ccccc1OC1CC(COc2cccc(CC(C)C(=O)O)c2)C1. The Bertz CT molecular complexity index is 767. The smallest absolute Gasteiger partial charge is 0.306 e. The zero-order valence-corrected chi connectivity index (χ0v) is 15.8. The second-order valence-electron chi connectivity index (χ2n) is 7.13. The molecule has 1 atom stereocenters. The molecule has 5 heteroatoms. The standard InChI is InChI=1S/C22H26O5/c1-15(22(23)24)10-16-6-5-7-18(11-16)26-14-17-12-19(13-17)27-21-9-4-3-8-20(21)25-2/h3-9,11,15,17,19H,10,12-14H2,1-2H3,(H,23,24). The fraction of sp³-hybridized carbons (Fsp3) is 0.409. The lowest BCUT2D eigenvalue weighted by Gasteiger charge is -2.35. The Morgan fingerprint density at radius 2 is 1.89 bits per heavy atom. The lowest BCUT2D eigenvalue weighted by Crippen LogP contribution is -2.37. The van der Waals surface area contributed by atoms with Gasteiger partial charge in [-0.25, -0.2) is 0 Å². The van der Waals surface area contributed by atoms with E-state index in [0.29, 0.717) is 18.9 Å². The second kappa shape index (κ2) is 8.80. The van der Waals surface area contributed by atoms with Crippen LogP contribution in [0, 0.1) is 11.8 Å². The van der Waals surface area contributed by atoms with Gasteiger partial charge in [0.2, 0.25) is 0 Å². The molecule has 2 aromatic carbocycles. The van der Waals surface area contributed by atoms with Gasteiger partial charge in [0.25, 0.3) is 0 Å². The number of para-hydroxylation sites is 2. The summed E-state index contributed by atoms with van der Waals surface area (Å²) < 4.78 is 17.2. The molecule has 1 aliphatic carbocycles. The zero-order valence-electron chi connectivity index (χ0n) is 15.8. The summed E-state index contributed by atoms with van der Waals surface area (Å²) in [5.74, 6) is 1.61. The van der Waals surface area contributed by atoms with Crippen molar-refractivity contribution in [1.29, 1.82) is 0 Å². The molecule has 0 spiro atoms. The molecule has 144 valence electrons. The Morgan fingerprint density at radius 1 is 1.15 bits per heavy atom. The maximum absolute atomic E-state index is 11.0. The van der Waals surface area contributed by atoms with Gasteiger partial charge >= 0.3 is 5.97 Å². The van der Waals surface area contributed by atoms with Crippen LogP contribution < -0.4 is 14.2 Å². The van der Waals surface area contributed by atoms with Crippen LogP contribution in [0.15, 0.2) is 48.5 Å². The lowest BCUT2D eigenvalue weighted by molar-refractivity contribution is -0.141. The number of carboxylic acid groups (broad SMARTS) is 1. The van der Waals surface area contributed by atoms with Gasteiger partial charge < -0.3 is 19.3 Å². The van der Waals surface area contributed by atoms with Crippen LogP contribution in [0.2, 0.25) is 0 Å². The zero-order chi connectivity index (χ0) is 19.2. The van der Waals surface area contributed by atoms with Crippen LogP contribution in [0.5, 0.6) is 17.2 Å². The highest BCUT2D eigenvalue weighted by molar-refractivity contribution is 5.69. The first kappa shape index (κ1) is 19.1. The number of methoxy groups -OCH3 is 1. The Kier molecular flexibility index (Phi) is 6.22. The Hall–Kier alpha value is -2.69. The van der Waals surface area contributed by atoms with E-state index in [0.717, 1.165) is 35.7 Å². The molecule has 5 nitrogen and oxygen atoms in total. The summed E-state index contributed by atoms with van der Waals surface area (Å²) >= 11 is 0. The number of aliphatic carboxylic acids is 1. The Morgan fingerprint density at radius 3 is 2.59 bits per heavy atom. The monoisotopic (exact) mass is 370 g/mol. The summed E-state index contributed by atoms with van der Waals surface area (Å²) in [6.45, 7) is 2.36. The van der Waals surface area contributed by atoms with Crippen LogP contribution in [0.1, 0.15) is 25.3 Å². The molecule has 0 saturated heterocycles. The maximum Gasteiger partial charge on any atom is 0.306 e. The third kappa shape index (κ3) is 5.16. The first-order chi connectivity index (χ1) is 13.0. The van der Waals surface area contributed by atoms with Crippen LogP contribution in [0.4, 0.5) is 0 Å². The minimum atomic E-state index is -0.781. The molecule has 0 bridgehead atoms.